The van der Waals surface area contributed by atoms with E-state index >= 15 is 0 Å². The van der Waals surface area contributed by atoms with Gasteiger partial charge in [0, 0.05) is 14.1 Å². The summed E-state index contributed by atoms with van der Waals surface area (Å²) in [6.07, 6.45) is 2.90. The highest BCUT2D eigenvalue weighted by Crippen LogP contribution is 2.16. The van der Waals surface area contributed by atoms with Crippen molar-refractivity contribution in [2.24, 2.45) is 5.73 Å². The summed E-state index contributed by atoms with van der Waals surface area (Å²) in [6, 6.07) is -0.149. The van der Waals surface area contributed by atoms with Gasteiger partial charge in [0.25, 0.3) is 5.95 Å². The Balaban J connectivity index is 2.57. The summed E-state index contributed by atoms with van der Waals surface area (Å²) < 4.78 is 5.05. The SMILES string of the molecule is CSCC[C@H](N)c1nc(N(C)C)no1. The molecule has 0 fully saturated rings. The third-order valence-corrected chi connectivity index (χ3v) is 2.43. The van der Waals surface area contributed by atoms with E-state index in [0.29, 0.717) is 11.8 Å². The van der Waals surface area contributed by atoms with Crippen molar-refractivity contribution in [3.63, 3.8) is 0 Å². The molecule has 6 heteroatoms. The molecule has 0 spiro atoms. The Kier molecular flexibility index (Phi) is 4.21. The van der Waals surface area contributed by atoms with E-state index < -0.39 is 0 Å². The fourth-order valence-corrected chi connectivity index (χ4v) is 1.42. The number of thioether (sulfide) groups is 1. The fourth-order valence-electron chi connectivity index (χ4n) is 0.928. The normalized spacial score (nSPS) is 12.9. The molecular weight excluding hydrogens is 200 g/mol. The summed E-state index contributed by atoms with van der Waals surface area (Å²) >= 11 is 1.76. The van der Waals surface area contributed by atoms with E-state index in [1.807, 2.05) is 20.4 Å². The maximum absolute atomic E-state index is 5.87. The molecule has 0 bridgehead atoms. The van der Waals surface area contributed by atoms with Gasteiger partial charge in [0.2, 0.25) is 5.89 Å². The molecule has 80 valence electrons. The lowest BCUT2D eigenvalue weighted by molar-refractivity contribution is 0.352. The van der Waals surface area contributed by atoms with Crippen LogP contribution in [0.3, 0.4) is 0 Å². The van der Waals surface area contributed by atoms with E-state index in [4.69, 9.17) is 10.3 Å². The summed E-state index contributed by atoms with van der Waals surface area (Å²) in [4.78, 5) is 5.96. The molecule has 0 aliphatic rings. The van der Waals surface area contributed by atoms with Crippen molar-refractivity contribution >= 4 is 17.7 Å². The highest BCUT2D eigenvalue weighted by molar-refractivity contribution is 7.98. The largest absolute Gasteiger partial charge is 0.344 e. The summed E-state index contributed by atoms with van der Waals surface area (Å²) in [5.41, 5.74) is 5.87. The molecule has 0 saturated heterocycles. The monoisotopic (exact) mass is 216 g/mol. The Bertz CT molecular complexity index is 276. The van der Waals surface area contributed by atoms with Gasteiger partial charge in [-0.2, -0.15) is 16.7 Å². The summed E-state index contributed by atoms with van der Waals surface area (Å²) in [6.45, 7) is 0. The van der Waals surface area contributed by atoms with Crippen molar-refractivity contribution in [1.82, 2.24) is 10.1 Å². The maximum atomic E-state index is 5.87. The van der Waals surface area contributed by atoms with Crippen LogP contribution in [0.15, 0.2) is 4.52 Å². The van der Waals surface area contributed by atoms with Gasteiger partial charge in [0.1, 0.15) is 0 Å². The van der Waals surface area contributed by atoms with E-state index in [2.05, 4.69) is 10.1 Å². The minimum Gasteiger partial charge on any atom is -0.344 e. The zero-order chi connectivity index (χ0) is 10.6. The highest BCUT2D eigenvalue weighted by Gasteiger charge is 2.14. The molecule has 14 heavy (non-hydrogen) atoms. The van der Waals surface area contributed by atoms with Gasteiger partial charge in [-0.05, 0) is 23.6 Å². The number of hydrogen-bond donors (Lipinski definition) is 1. The van der Waals surface area contributed by atoms with Crippen molar-refractivity contribution in [3.05, 3.63) is 5.89 Å². The predicted octanol–water partition coefficient (Wildman–Crippen LogP) is 0.888. The standard InChI is InChI=1S/C8H16N4OS/c1-12(2)8-10-7(13-11-8)6(9)4-5-14-3/h6H,4-5,9H2,1-3H3/t6-/m0/s1. The van der Waals surface area contributed by atoms with Crippen LogP contribution in [0.2, 0.25) is 0 Å². The second-order valence-electron chi connectivity index (χ2n) is 3.22. The molecule has 0 amide bonds. The van der Waals surface area contributed by atoms with Crippen LogP contribution in [0.5, 0.6) is 0 Å². The fraction of sp³-hybridized carbons (Fsp3) is 0.750. The molecule has 5 nitrogen and oxygen atoms in total. The van der Waals surface area contributed by atoms with Crippen molar-refractivity contribution in [1.29, 1.82) is 0 Å². The minimum atomic E-state index is -0.149. The molecule has 0 radical (unpaired) electrons. The first kappa shape index (κ1) is 11.3. The lowest BCUT2D eigenvalue weighted by Crippen LogP contribution is -2.13. The molecule has 1 aromatic rings. The van der Waals surface area contributed by atoms with Crippen LogP contribution in [0.4, 0.5) is 5.95 Å². The van der Waals surface area contributed by atoms with E-state index in [1.165, 1.54) is 0 Å². The van der Waals surface area contributed by atoms with Gasteiger partial charge < -0.3 is 15.2 Å². The first-order valence-electron chi connectivity index (χ1n) is 4.40. The van der Waals surface area contributed by atoms with Crippen LogP contribution < -0.4 is 10.6 Å². The average Bonchev–Trinajstić information content (AvgIpc) is 2.62. The number of anilines is 1. The van der Waals surface area contributed by atoms with E-state index in [9.17, 15) is 0 Å². The molecule has 1 rings (SSSR count). The van der Waals surface area contributed by atoms with Gasteiger partial charge >= 0.3 is 0 Å². The number of aromatic nitrogens is 2. The van der Waals surface area contributed by atoms with Gasteiger partial charge in [0.05, 0.1) is 6.04 Å². The number of nitrogens with two attached hydrogens (primary N) is 1. The van der Waals surface area contributed by atoms with Crippen LogP contribution in [0.25, 0.3) is 0 Å². The van der Waals surface area contributed by atoms with Crippen LogP contribution in [-0.2, 0) is 0 Å². The topological polar surface area (TPSA) is 68.2 Å². The molecule has 1 atom stereocenters. The van der Waals surface area contributed by atoms with Crippen LogP contribution >= 0.6 is 11.8 Å². The zero-order valence-corrected chi connectivity index (χ0v) is 9.54. The lowest BCUT2D eigenvalue weighted by Gasteiger charge is -2.05. The predicted molar refractivity (Wildman–Crippen MR) is 58.6 cm³/mol. The molecule has 0 aliphatic heterocycles. The first-order valence-corrected chi connectivity index (χ1v) is 5.80. The third kappa shape index (κ3) is 2.88. The molecule has 0 saturated carbocycles. The molecule has 0 unspecified atom stereocenters. The second kappa shape index (κ2) is 5.21. The Morgan fingerprint density at radius 1 is 1.57 bits per heavy atom. The number of rotatable bonds is 5. The van der Waals surface area contributed by atoms with Crippen molar-refractivity contribution in [2.75, 3.05) is 31.0 Å². The van der Waals surface area contributed by atoms with Crippen LogP contribution in [0.1, 0.15) is 18.4 Å². The van der Waals surface area contributed by atoms with Crippen LogP contribution in [-0.4, -0.2) is 36.2 Å². The average molecular weight is 216 g/mol. The Labute approximate surface area is 88.0 Å². The second-order valence-corrected chi connectivity index (χ2v) is 4.20. The lowest BCUT2D eigenvalue weighted by atomic mass is 10.2. The number of hydrogen-bond acceptors (Lipinski definition) is 6. The molecule has 0 aromatic carbocycles. The van der Waals surface area contributed by atoms with E-state index in [1.54, 1.807) is 16.7 Å². The van der Waals surface area contributed by atoms with Gasteiger partial charge in [-0.1, -0.05) is 0 Å². The highest BCUT2D eigenvalue weighted by atomic mass is 32.2. The Morgan fingerprint density at radius 3 is 2.79 bits per heavy atom. The Morgan fingerprint density at radius 2 is 2.29 bits per heavy atom. The Hall–Kier alpha value is -0.750. The molecule has 0 aliphatic carbocycles. The zero-order valence-electron chi connectivity index (χ0n) is 8.73. The quantitative estimate of drug-likeness (QED) is 0.788. The first-order chi connectivity index (χ1) is 6.65. The van der Waals surface area contributed by atoms with E-state index in [-0.39, 0.29) is 6.04 Å². The van der Waals surface area contributed by atoms with Gasteiger partial charge in [0.15, 0.2) is 0 Å². The van der Waals surface area contributed by atoms with Gasteiger partial charge in [-0.3, -0.25) is 0 Å². The molecule has 1 heterocycles. The summed E-state index contributed by atoms with van der Waals surface area (Å²) in [7, 11) is 3.73. The minimum absolute atomic E-state index is 0.149. The van der Waals surface area contributed by atoms with Crippen molar-refractivity contribution in [2.45, 2.75) is 12.5 Å². The smallest absolute Gasteiger partial charge is 0.265 e. The van der Waals surface area contributed by atoms with E-state index in [0.717, 1.165) is 12.2 Å². The molecular formula is C8H16N4OS. The third-order valence-electron chi connectivity index (χ3n) is 1.78. The molecule has 2 N–H and O–H groups in total. The van der Waals surface area contributed by atoms with Crippen molar-refractivity contribution < 1.29 is 4.52 Å². The summed E-state index contributed by atoms with van der Waals surface area (Å²) in [5, 5.41) is 3.80. The van der Waals surface area contributed by atoms with Gasteiger partial charge in [-0.15, -0.1) is 0 Å². The van der Waals surface area contributed by atoms with Crippen LogP contribution in [0, 0.1) is 0 Å². The van der Waals surface area contributed by atoms with Gasteiger partial charge in [-0.25, -0.2) is 0 Å². The summed E-state index contributed by atoms with van der Waals surface area (Å²) in [5.74, 6) is 2.09. The molecule has 1 aromatic heterocycles. The number of nitrogens with zero attached hydrogens (tertiary/aromatic N) is 3. The maximum Gasteiger partial charge on any atom is 0.265 e. The van der Waals surface area contributed by atoms with Crippen molar-refractivity contribution in [3.8, 4) is 0 Å².